The highest BCUT2D eigenvalue weighted by molar-refractivity contribution is 7.12. The van der Waals surface area contributed by atoms with Crippen molar-refractivity contribution in [3.63, 3.8) is 0 Å². The van der Waals surface area contributed by atoms with Crippen LogP contribution in [0, 0.1) is 13.8 Å². The Kier molecular flexibility index (Phi) is 3.90. The van der Waals surface area contributed by atoms with Gasteiger partial charge in [-0.05, 0) is 58.6 Å². The van der Waals surface area contributed by atoms with Crippen molar-refractivity contribution in [3.05, 3.63) is 20.9 Å². The van der Waals surface area contributed by atoms with Gasteiger partial charge in [-0.2, -0.15) is 0 Å². The first-order valence-electron chi connectivity index (χ1n) is 6.83. The molecule has 0 fully saturated rings. The predicted octanol–water partition coefficient (Wildman–Crippen LogP) is 3.75. The molecule has 3 nitrogen and oxygen atoms in total. The summed E-state index contributed by atoms with van der Waals surface area (Å²) in [6.45, 7) is 10.0. The van der Waals surface area contributed by atoms with Gasteiger partial charge in [-0.3, -0.25) is 0 Å². The highest BCUT2D eigenvalue weighted by Gasteiger charge is 2.25. The number of thiophene rings is 1. The summed E-state index contributed by atoms with van der Waals surface area (Å²) in [5.74, 6) is 0. The molecule has 0 radical (unpaired) electrons. The normalized spacial score (nSPS) is 18.9. The predicted molar refractivity (Wildman–Crippen MR) is 79.0 cm³/mol. The first-order valence-corrected chi connectivity index (χ1v) is 7.65. The molecule has 1 atom stereocenters. The largest absolute Gasteiger partial charge is 0.444 e. The highest BCUT2D eigenvalue weighted by atomic mass is 32.1. The zero-order chi connectivity index (χ0) is 14.2. The molecule has 1 aromatic heterocycles. The topological polar surface area (TPSA) is 38.3 Å². The monoisotopic (exact) mass is 281 g/mol. The molecule has 0 saturated carbocycles. The number of fused-ring (bicyclic) bond motifs is 1. The zero-order valence-corrected chi connectivity index (χ0v) is 13.2. The molecule has 106 valence electrons. The first kappa shape index (κ1) is 14.4. The van der Waals surface area contributed by atoms with Crippen molar-refractivity contribution in [2.24, 2.45) is 0 Å². The molecule has 1 heterocycles. The number of hydrogen-bond acceptors (Lipinski definition) is 3. The number of nitrogens with one attached hydrogen (secondary N) is 1. The Morgan fingerprint density at radius 3 is 2.68 bits per heavy atom. The van der Waals surface area contributed by atoms with E-state index in [0.717, 1.165) is 19.3 Å². The highest BCUT2D eigenvalue weighted by Crippen LogP contribution is 2.33. The molecule has 1 amide bonds. The number of carbonyl (C=O) groups is 1. The molecule has 0 aromatic carbocycles. The second-order valence-electron chi connectivity index (χ2n) is 6.27. The van der Waals surface area contributed by atoms with Gasteiger partial charge >= 0.3 is 6.09 Å². The van der Waals surface area contributed by atoms with Crippen molar-refractivity contribution in [2.75, 3.05) is 0 Å². The van der Waals surface area contributed by atoms with Gasteiger partial charge in [0.2, 0.25) is 0 Å². The Bertz CT molecular complexity index is 485. The van der Waals surface area contributed by atoms with E-state index in [1.165, 1.54) is 20.9 Å². The van der Waals surface area contributed by atoms with Crippen molar-refractivity contribution in [3.8, 4) is 0 Å². The smallest absolute Gasteiger partial charge is 0.407 e. The van der Waals surface area contributed by atoms with Crippen LogP contribution in [-0.2, 0) is 17.6 Å². The number of hydrogen-bond donors (Lipinski definition) is 1. The van der Waals surface area contributed by atoms with Gasteiger partial charge in [0.1, 0.15) is 5.60 Å². The van der Waals surface area contributed by atoms with Crippen molar-refractivity contribution < 1.29 is 9.53 Å². The van der Waals surface area contributed by atoms with Crippen LogP contribution in [0.5, 0.6) is 0 Å². The van der Waals surface area contributed by atoms with Gasteiger partial charge in [-0.1, -0.05) is 0 Å². The van der Waals surface area contributed by atoms with Crippen LogP contribution in [0.1, 0.15) is 48.1 Å². The third kappa shape index (κ3) is 3.50. The molecule has 19 heavy (non-hydrogen) atoms. The minimum Gasteiger partial charge on any atom is -0.444 e. The quantitative estimate of drug-likeness (QED) is 0.851. The molecule has 1 aliphatic carbocycles. The summed E-state index contributed by atoms with van der Waals surface area (Å²) in [6.07, 6.45) is 2.70. The fourth-order valence-electron chi connectivity index (χ4n) is 2.48. The summed E-state index contributed by atoms with van der Waals surface area (Å²) in [5.41, 5.74) is 2.51. The van der Waals surface area contributed by atoms with E-state index in [9.17, 15) is 4.79 Å². The third-order valence-corrected chi connectivity index (χ3v) is 4.76. The second kappa shape index (κ2) is 5.16. The number of aryl methyl sites for hydroxylation is 1. The Balaban J connectivity index is 1.97. The number of carbonyl (C=O) groups excluding carboxylic acids is 1. The Morgan fingerprint density at radius 1 is 1.37 bits per heavy atom. The summed E-state index contributed by atoms with van der Waals surface area (Å²) >= 11 is 1.87. The Morgan fingerprint density at radius 2 is 2.05 bits per heavy atom. The van der Waals surface area contributed by atoms with Crippen LogP contribution in [0.15, 0.2) is 0 Å². The SMILES string of the molecule is Cc1sc2c(c1C)CCC(NC(=O)OC(C)(C)C)C2. The molecule has 0 aliphatic heterocycles. The van der Waals surface area contributed by atoms with E-state index >= 15 is 0 Å². The molecule has 1 unspecified atom stereocenters. The minimum absolute atomic E-state index is 0.208. The molecule has 4 heteroatoms. The maximum absolute atomic E-state index is 11.8. The van der Waals surface area contributed by atoms with Gasteiger partial charge in [0, 0.05) is 22.2 Å². The number of rotatable bonds is 1. The van der Waals surface area contributed by atoms with E-state index in [4.69, 9.17) is 4.74 Å². The van der Waals surface area contributed by atoms with Gasteiger partial charge in [0.05, 0.1) is 0 Å². The van der Waals surface area contributed by atoms with E-state index in [-0.39, 0.29) is 12.1 Å². The molecule has 2 rings (SSSR count). The standard InChI is InChI=1S/C15H23NO2S/c1-9-10(2)19-13-8-11(6-7-12(9)13)16-14(17)18-15(3,4)5/h11H,6-8H2,1-5H3,(H,16,17). The average Bonchev–Trinajstić information content (AvgIpc) is 2.51. The van der Waals surface area contributed by atoms with Gasteiger partial charge in [0.15, 0.2) is 0 Å². The fourth-order valence-corrected chi connectivity index (χ4v) is 3.79. The maximum atomic E-state index is 11.8. The lowest BCUT2D eigenvalue weighted by atomic mass is 9.92. The average molecular weight is 281 g/mol. The molecule has 0 spiro atoms. The lowest BCUT2D eigenvalue weighted by molar-refractivity contribution is 0.0500. The lowest BCUT2D eigenvalue weighted by Gasteiger charge is -2.26. The number of amides is 1. The summed E-state index contributed by atoms with van der Waals surface area (Å²) in [6, 6.07) is 0.208. The summed E-state index contributed by atoms with van der Waals surface area (Å²) in [7, 11) is 0. The van der Waals surface area contributed by atoms with Crippen molar-refractivity contribution in [1.29, 1.82) is 0 Å². The van der Waals surface area contributed by atoms with Crippen LogP contribution in [0.4, 0.5) is 4.79 Å². The van der Waals surface area contributed by atoms with Gasteiger partial charge < -0.3 is 10.1 Å². The number of alkyl carbamates (subject to hydrolysis) is 1. The lowest BCUT2D eigenvalue weighted by Crippen LogP contribution is -2.41. The van der Waals surface area contributed by atoms with Crippen LogP contribution in [0.25, 0.3) is 0 Å². The van der Waals surface area contributed by atoms with E-state index < -0.39 is 5.60 Å². The van der Waals surface area contributed by atoms with Crippen molar-refractivity contribution >= 4 is 17.4 Å². The molecule has 1 N–H and O–H groups in total. The van der Waals surface area contributed by atoms with E-state index in [1.54, 1.807) is 0 Å². The van der Waals surface area contributed by atoms with E-state index in [0.29, 0.717) is 0 Å². The second-order valence-corrected chi connectivity index (χ2v) is 7.58. The van der Waals surface area contributed by atoms with Crippen LogP contribution in [0.2, 0.25) is 0 Å². The van der Waals surface area contributed by atoms with Gasteiger partial charge in [0.25, 0.3) is 0 Å². The minimum atomic E-state index is -0.431. The van der Waals surface area contributed by atoms with Crippen molar-refractivity contribution in [1.82, 2.24) is 5.32 Å². The molecular formula is C15H23NO2S. The molecular weight excluding hydrogens is 258 g/mol. The molecule has 0 saturated heterocycles. The zero-order valence-electron chi connectivity index (χ0n) is 12.4. The Hall–Kier alpha value is -1.03. The molecule has 1 aromatic rings. The fraction of sp³-hybridized carbons (Fsp3) is 0.667. The summed E-state index contributed by atoms with van der Waals surface area (Å²) in [5, 5.41) is 2.99. The van der Waals surface area contributed by atoms with Crippen LogP contribution in [-0.4, -0.2) is 17.7 Å². The van der Waals surface area contributed by atoms with E-state index in [1.807, 2.05) is 32.1 Å². The van der Waals surface area contributed by atoms with E-state index in [2.05, 4.69) is 19.2 Å². The third-order valence-electron chi connectivity index (χ3n) is 3.49. The molecule has 0 bridgehead atoms. The summed E-state index contributed by atoms with van der Waals surface area (Å²) in [4.78, 5) is 14.6. The van der Waals surface area contributed by atoms with Crippen molar-refractivity contribution in [2.45, 2.75) is 65.5 Å². The first-order chi connectivity index (χ1) is 8.76. The number of ether oxygens (including phenoxy) is 1. The maximum Gasteiger partial charge on any atom is 0.407 e. The van der Waals surface area contributed by atoms with Crippen LogP contribution in [0.3, 0.4) is 0 Å². The van der Waals surface area contributed by atoms with Gasteiger partial charge in [-0.15, -0.1) is 11.3 Å². The van der Waals surface area contributed by atoms with Gasteiger partial charge in [-0.25, -0.2) is 4.79 Å². The Labute approximate surface area is 119 Å². The molecule has 1 aliphatic rings. The summed E-state index contributed by atoms with van der Waals surface area (Å²) < 4.78 is 5.31. The van der Waals surface area contributed by atoms with Crippen LogP contribution >= 0.6 is 11.3 Å². The van der Waals surface area contributed by atoms with Crippen LogP contribution < -0.4 is 5.32 Å².